The average Bonchev–Trinajstić information content (AvgIpc) is 3.10. The fourth-order valence-corrected chi connectivity index (χ4v) is 14.7. The highest BCUT2D eigenvalue weighted by atomic mass is 14.6. The Balaban J connectivity index is 1.16. The van der Waals surface area contributed by atoms with E-state index in [4.69, 9.17) is 0 Å². The largest absolute Gasteiger partial charge is 0.0882 e. The first-order valence-electron chi connectivity index (χ1n) is 21.3. The van der Waals surface area contributed by atoms with E-state index in [1.165, 1.54) is 109 Å². The summed E-state index contributed by atoms with van der Waals surface area (Å²) in [5.41, 5.74) is 13.1. The smallest absolute Gasteiger partial charge is 0.0157 e. The maximum absolute atomic E-state index is 2.95. The number of fused-ring (bicyclic) bond motifs is 2. The Morgan fingerprint density at radius 2 is 1.35 bits per heavy atom. The summed E-state index contributed by atoms with van der Waals surface area (Å²) in [6, 6.07) is 0. The molecule has 0 amide bonds. The lowest BCUT2D eigenvalue weighted by molar-refractivity contribution is -0.00600. The van der Waals surface area contributed by atoms with Gasteiger partial charge in [-0.1, -0.05) is 78.7 Å². The fraction of sp³-hybridized carbons (Fsp3) is 0.708. The summed E-state index contributed by atoms with van der Waals surface area (Å²) in [6.45, 7) is 10.1. The molecule has 0 nitrogen and oxygen atoms in total. The van der Waals surface area contributed by atoms with Crippen molar-refractivity contribution in [3.63, 3.8) is 0 Å². The standard InChI is InChI=1S/C48H66/c1-29-13-5-9-17-39(29)33-21-37-22-34(40-18-10-6-14-30(40)2)27-45-46-28-36(42-20-12-8-16-32(42)4)24-38-23-35(41-19-11-7-15-31(41)3)26-44(48(38)46)43(25-33)47(37)45/h5-7,13-15,21,30-31,34-38,40-41,43-45,47H,8-12,16-20,22-28H2,1-4H3/t30?,31-,34?,35?,36?,37?,38?,40?,41?,43?,44?,45?,47?/m1/s1. The zero-order valence-electron chi connectivity index (χ0n) is 31.1. The molecule has 0 saturated heterocycles. The van der Waals surface area contributed by atoms with Crippen LogP contribution in [0.25, 0.3) is 0 Å². The first kappa shape index (κ1) is 32.1. The van der Waals surface area contributed by atoms with Gasteiger partial charge in [0.05, 0.1) is 0 Å². The zero-order valence-corrected chi connectivity index (χ0v) is 31.1. The van der Waals surface area contributed by atoms with Gasteiger partial charge in [-0.05, 0) is 217 Å². The van der Waals surface area contributed by atoms with E-state index in [-0.39, 0.29) is 0 Å². The molecule has 9 aliphatic carbocycles. The van der Waals surface area contributed by atoms with Gasteiger partial charge >= 0.3 is 0 Å². The second-order valence-corrected chi connectivity index (χ2v) is 19.0. The molecule has 12 unspecified atom stereocenters. The van der Waals surface area contributed by atoms with Gasteiger partial charge in [0.25, 0.3) is 0 Å². The third-order valence-electron chi connectivity index (χ3n) is 16.7. The van der Waals surface area contributed by atoms with Crippen LogP contribution < -0.4 is 0 Å². The van der Waals surface area contributed by atoms with Crippen LogP contribution >= 0.6 is 0 Å². The molecule has 258 valence electrons. The Morgan fingerprint density at radius 3 is 2.08 bits per heavy atom. The third kappa shape index (κ3) is 5.52. The van der Waals surface area contributed by atoms with E-state index in [1.807, 2.05) is 11.1 Å². The van der Waals surface area contributed by atoms with Gasteiger partial charge in [-0.3, -0.25) is 0 Å². The summed E-state index contributed by atoms with van der Waals surface area (Å²) in [5, 5.41) is 0. The number of allylic oxidation sites excluding steroid dienone is 14. The fourth-order valence-electron chi connectivity index (χ4n) is 14.7. The molecule has 48 heavy (non-hydrogen) atoms. The van der Waals surface area contributed by atoms with Gasteiger partial charge in [0.15, 0.2) is 0 Å². The number of rotatable bonds is 4. The predicted molar refractivity (Wildman–Crippen MR) is 203 cm³/mol. The van der Waals surface area contributed by atoms with E-state index in [1.54, 1.807) is 16.7 Å². The van der Waals surface area contributed by atoms with E-state index in [2.05, 4.69) is 81.4 Å². The molecule has 2 saturated carbocycles. The van der Waals surface area contributed by atoms with Crippen molar-refractivity contribution >= 4 is 0 Å². The third-order valence-corrected chi connectivity index (χ3v) is 16.7. The van der Waals surface area contributed by atoms with Gasteiger partial charge in [0.1, 0.15) is 0 Å². The summed E-state index contributed by atoms with van der Waals surface area (Å²) in [6.07, 6.45) is 42.1. The van der Waals surface area contributed by atoms with E-state index >= 15 is 0 Å². The molecule has 0 aromatic carbocycles. The van der Waals surface area contributed by atoms with Crippen molar-refractivity contribution in [1.29, 1.82) is 0 Å². The number of hydrogen-bond donors (Lipinski definition) is 0. The Labute approximate surface area is 294 Å². The molecule has 0 aliphatic heterocycles. The van der Waals surface area contributed by atoms with Gasteiger partial charge < -0.3 is 0 Å². The molecule has 0 bridgehead atoms. The van der Waals surface area contributed by atoms with Crippen LogP contribution in [0.2, 0.25) is 0 Å². The Bertz CT molecular complexity index is 1480. The molecular formula is C48H66. The Kier molecular flexibility index (Phi) is 8.74. The van der Waals surface area contributed by atoms with Crippen molar-refractivity contribution in [1.82, 2.24) is 0 Å². The Hall–Kier alpha value is -1.82. The summed E-state index contributed by atoms with van der Waals surface area (Å²) in [4.78, 5) is 0. The topological polar surface area (TPSA) is 0 Å². The van der Waals surface area contributed by atoms with Gasteiger partial charge in [-0.15, -0.1) is 0 Å². The van der Waals surface area contributed by atoms with Crippen LogP contribution in [0.4, 0.5) is 0 Å². The minimum absolute atomic E-state index is 0.759. The van der Waals surface area contributed by atoms with Crippen molar-refractivity contribution in [2.75, 3.05) is 0 Å². The summed E-state index contributed by atoms with van der Waals surface area (Å²) >= 11 is 0. The molecule has 0 radical (unpaired) electrons. The lowest BCUT2D eigenvalue weighted by Crippen LogP contribution is -2.52. The molecular weight excluding hydrogens is 577 g/mol. The molecule has 2 fully saturated rings. The molecule has 0 N–H and O–H groups in total. The van der Waals surface area contributed by atoms with Crippen molar-refractivity contribution < 1.29 is 0 Å². The van der Waals surface area contributed by atoms with Gasteiger partial charge in [-0.25, -0.2) is 0 Å². The van der Waals surface area contributed by atoms with E-state index in [0.717, 1.165) is 76.9 Å². The van der Waals surface area contributed by atoms with Crippen molar-refractivity contribution in [2.45, 2.75) is 137 Å². The summed E-state index contributed by atoms with van der Waals surface area (Å²) < 4.78 is 0. The van der Waals surface area contributed by atoms with Crippen LogP contribution in [0, 0.1) is 76.9 Å². The molecule has 0 spiro atoms. The van der Waals surface area contributed by atoms with E-state index in [9.17, 15) is 0 Å². The highest BCUT2D eigenvalue weighted by Gasteiger charge is 2.57. The van der Waals surface area contributed by atoms with E-state index in [0.29, 0.717) is 0 Å². The van der Waals surface area contributed by atoms with Crippen LogP contribution in [0.3, 0.4) is 0 Å². The van der Waals surface area contributed by atoms with Gasteiger partial charge in [-0.2, -0.15) is 0 Å². The Morgan fingerprint density at radius 1 is 0.625 bits per heavy atom. The SMILES string of the molecule is CC1=C(C2=CC3CC(C4CCC=CC4C)CC4C5=C6C(CC(C7=C(C)CCCC7)C5)CC(C5CCC=C[C@H]5C)CC6C(C2)C34)CCC=C1. The van der Waals surface area contributed by atoms with Crippen LogP contribution in [-0.2, 0) is 0 Å². The molecule has 0 heterocycles. The molecule has 0 aromatic rings. The molecule has 13 atom stereocenters. The molecule has 9 rings (SSSR count). The lowest BCUT2D eigenvalue weighted by Gasteiger charge is -2.61. The van der Waals surface area contributed by atoms with Gasteiger partial charge in [0, 0.05) is 0 Å². The monoisotopic (exact) mass is 643 g/mol. The molecule has 0 aromatic heterocycles. The van der Waals surface area contributed by atoms with Crippen LogP contribution in [0.5, 0.6) is 0 Å². The van der Waals surface area contributed by atoms with Gasteiger partial charge in [0.2, 0.25) is 0 Å². The first-order valence-corrected chi connectivity index (χ1v) is 21.3. The molecule has 9 aliphatic rings. The predicted octanol–water partition coefficient (Wildman–Crippen LogP) is 13.3. The van der Waals surface area contributed by atoms with E-state index < -0.39 is 0 Å². The van der Waals surface area contributed by atoms with Crippen LogP contribution in [-0.4, -0.2) is 0 Å². The van der Waals surface area contributed by atoms with Crippen LogP contribution in [0.15, 0.2) is 81.5 Å². The van der Waals surface area contributed by atoms with Crippen LogP contribution in [0.1, 0.15) is 137 Å². The summed E-state index contributed by atoms with van der Waals surface area (Å²) in [7, 11) is 0. The lowest BCUT2D eigenvalue weighted by atomic mass is 9.44. The second-order valence-electron chi connectivity index (χ2n) is 19.0. The minimum Gasteiger partial charge on any atom is -0.0882 e. The quantitative estimate of drug-likeness (QED) is 0.268. The zero-order chi connectivity index (χ0) is 32.5. The number of hydrogen-bond acceptors (Lipinski definition) is 0. The highest BCUT2D eigenvalue weighted by molar-refractivity contribution is 5.45. The maximum atomic E-state index is 2.95. The van der Waals surface area contributed by atoms with Crippen molar-refractivity contribution in [3.8, 4) is 0 Å². The first-order chi connectivity index (χ1) is 23.4. The molecule has 0 heteroatoms. The second kappa shape index (κ2) is 13.1. The minimum atomic E-state index is 0.759. The average molecular weight is 643 g/mol. The highest BCUT2D eigenvalue weighted by Crippen LogP contribution is 2.66. The normalized spacial score (nSPS) is 45.6. The summed E-state index contributed by atoms with van der Waals surface area (Å²) in [5.74, 6) is 11.2. The maximum Gasteiger partial charge on any atom is -0.0157 e. The van der Waals surface area contributed by atoms with Crippen molar-refractivity contribution in [3.05, 3.63) is 81.5 Å². The van der Waals surface area contributed by atoms with Crippen molar-refractivity contribution in [2.24, 2.45) is 76.9 Å².